The Hall–Kier alpha value is -2.53. The fourth-order valence-electron chi connectivity index (χ4n) is 3.65. The molecule has 1 aliphatic rings. The largest absolute Gasteiger partial charge is 0.492 e. The Kier molecular flexibility index (Phi) is 5.50. The first-order valence-electron chi connectivity index (χ1n) is 10.1. The van der Waals surface area contributed by atoms with Gasteiger partial charge >= 0.3 is 0 Å². The molecule has 0 spiro atoms. The van der Waals surface area contributed by atoms with Crippen molar-refractivity contribution in [2.24, 2.45) is 5.92 Å². The average molecular weight is 412 g/mol. The van der Waals surface area contributed by atoms with Gasteiger partial charge < -0.3 is 14.6 Å². The van der Waals surface area contributed by atoms with Crippen LogP contribution in [-0.4, -0.2) is 22.1 Å². The lowest BCUT2D eigenvalue weighted by molar-refractivity contribution is -0.123. The van der Waals surface area contributed by atoms with Crippen molar-refractivity contribution in [3.05, 3.63) is 58.4 Å². The van der Waals surface area contributed by atoms with E-state index in [1.807, 2.05) is 51.1 Å². The molecule has 5 nitrogen and oxygen atoms in total. The summed E-state index contributed by atoms with van der Waals surface area (Å²) >= 11 is 6.25. The summed E-state index contributed by atoms with van der Waals surface area (Å²) in [5.74, 6) is 1.96. The van der Waals surface area contributed by atoms with E-state index >= 15 is 0 Å². The molecule has 6 heteroatoms. The van der Waals surface area contributed by atoms with Gasteiger partial charge in [0.05, 0.1) is 23.6 Å². The number of para-hydroxylation sites is 2. The molecule has 1 saturated carbocycles. The summed E-state index contributed by atoms with van der Waals surface area (Å²) < 4.78 is 8.16. The third-order valence-electron chi connectivity index (χ3n) is 5.37. The smallest absolute Gasteiger partial charge is 0.223 e. The van der Waals surface area contributed by atoms with Gasteiger partial charge in [0.25, 0.3) is 0 Å². The Morgan fingerprint density at radius 3 is 2.66 bits per heavy atom. The van der Waals surface area contributed by atoms with Crippen LogP contribution in [0.3, 0.4) is 0 Å². The third-order valence-corrected chi connectivity index (χ3v) is 5.97. The van der Waals surface area contributed by atoms with E-state index in [0.717, 1.165) is 51.6 Å². The Morgan fingerprint density at radius 1 is 1.28 bits per heavy atom. The fraction of sp³-hybridized carbons (Fsp3) is 0.391. The summed E-state index contributed by atoms with van der Waals surface area (Å²) in [6.45, 7) is 7.09. The molecule has 1 atom stereocenters. The van der Waals surface area contributed by atoms with Gasteiger partial charge in [0.1, 0.15) is 18.2 Å². The quantitative estimate of drug-likeness (QED) is 0.597. The lowest BCUT2D eigenvalue weighted by Crippen LogP contribution is -2.30. The zero-order valence-electron chi connectivity index (χ0n) is 17.0. The van der Waals surface area contributed by atoms with E-state index < -0.39 is 0 Å². The molecule has 4 rings (SSSR count). The maximum atomic E-state index is 12.2. The Balaban J connectivity index is 1.53. The number of halogens is 1. The molecule has 1 unspecified atom stereocenters. The maximum Gasteiger partial charge on any atom is 0.223 e. The van der Waals surface area contributed by atoms with E-state index in [1.165, 1.54) is 0 Å². The van der Waals surface area contributed by atoms with Crippen LogP contribution in [0.4, 0.5) is 0 Å². The first-order valence-corrected chi connectivity index (χ1v) is 10.5. The number of carbonyl (C=O) groups is 1. The van der Waals surface area contributed by atoms with Crippen molar-refractivity contribution in [2.45, 2.75) is 46.2 Å². The summed E-state index contributed by atoms with van der Waals surface area (Å²) in [7, 11) is 0. The van der Waals surface area contributed by atoms with Gasteiger partial charge in [-0.25, -0.2) is 4.98 Å². The Bertz CT molecular complexity index is 1030. The molecule has 1 fully saturated rings. The van der Waals surface area contributed by atoms with Crippen LogP contribution in [0.5, 0.6) is 5.75 Å². The number of carbonyl (C=O) groups excluding carboxylic acids is 1. The second kappa shape index (κ2) is 8.07. The van der Waals surface area contributed by atoms with Crippen molar-refractivity contribution in [3.8, 4) is 5.75 Å². The number of amides is 1. The monoisotopic (exact) mass is 411 g/mol. The molecule has 0 bridgehead atoms. The lowest BCUT2D eigenvalue weighted by atomic mass is 10.1. The summed E-state index contributed by atoms with van der Waals surface area (Å²) in [5, 5.41) is 3.89. The number of hydrogen-bond acceptors (Lipinski definition) is 3. The minimum atomic E-state index is -0.157. The van der Waals surface area contributed by atoms with Gasteiger partial charge in [-0.1, -0.05) is 23.7 Å². The van der Waals surface area contributed by atoms with Crippen LogP contribution >= 0.6 is 11.6 Å². The van der Waals surface area contributed by atoms with E-state index in [0.29, 0.717) is 13.2 Å². The van der Waals surface area contributed by atoms with Crippen molar-refractivity contribution in [2.75, 3.05) is 6.61 Å². The van der Waals surface area contributed by atoms with Crippen molar-refractivity contribution in [3.63, 3.8) is 0 Å². The molecule has 0 saturated heterocycles. The number of aromatic nitrogens is 2. The molecule has 1 heterocycles. The standard InChI is InChI=1S/C23H26ClN3O2/c1-14-12-18(13-15(2)21(14)24)29-11-10-27-20-7-5-4-6-19(20)26-22(27)16(3)25-23(28)17-8-9-17/h4-7,12-13,16-17H,8-11H2,1-3H3,(H,25,28). The van der Waals surface area contributed by atoms with E-state index in [4.69, 9.17) is 21.3 Å². The fourth-order valence-corrected chi connectivity index (χ4v) is 3.75. The number of aryl methyl sites for hydroxylation is 2. The van der Waals surface area contributed by atoms with Crippen LogP contribution in [0, 0.1) is 19.8 Å². The Labute approximate surface area is 176 Å². The first kappa shape index (κ1) is 19.8. The molecule has 1 N–H and O–H groups in total. The molecule has 0 aliphatic heterocycles. The average Bonchev–Trinajstić information content (AvgIpc) is 3.48. The van der Waals surface area contributed by atoms with Crippen molar-refractivity contribution < 1.29 is 9.53 Å². The van der Waals surface area contributed by atoms with Crippen LogP contribution in [-0.2, 0) is 11.3 Å². The van der Waals surface area contributed by atoms with Crippen LogP contribution in [0.1, 0.15) is 42.8 Å². The molecule has 29 heavy (non-hydrogen) atoms. The van der Waals surface area contributed by atoms with Gasteiger partial charge in [-0.05, 0) is 69.0 Å². The highest BCUT2D eigenvalue weighted by Gasteiger charge is 2.31. The number of hydrogen-bond donors (Lipinski definition) is 1. The maximum absolute atomic E-state index is 12.2. The zero-order valence-corrected chi connectivity index (χ0v) is 17.8. The molecule has 1 aromatic heterocycles. The molecular formula is C23H26ClN3O2. The van der Waals surface area contributed by atoms with Crippen molar-refractivity contribution >= 4 is 28.5 Å². The van der Waals surface area contributed by atoms with Gasteiger partial charge in [-0.3, -0.25) is 4.79 Å². The minimum Gasteiger partial charge on any atom is -0.492 e. The summed E-state index contributed by atoms with van der Waals surface area (Å²) in [4.78, 5) is 17.0. The van der Waals surface area contributed by atoms with Crippen LogP contribution in [0.25, 0.3) is 11.0 Å². The number of nitrogens with zero attached hydrogens (tertiary/aromatic N) is 2. The SMILES string of the molecule is Cc1cc(OCCn2c(C(C)NC(=O)C3CC3)nc3ccccc32)cc(C)c1Cl. The minimum absolute atomic E-state index is 0.125. The van der Waals surface area contributed by atoms with Gasteiger partial charge in [-0.2, -0.15) is 0 Å². The van der Waals surface area contributed by atoms with Crippen LogP contribution < -0.4 is 10.1 Å². The molecule has 1 amide bonds. The van der Waals surface area contributed by atoms with Gasteiger partial charge in [0.15, 0.2) is 0 Å². The van der Waals surface area contributed by atoms with Crippen molar-refractivity contribution in [1.82, 2.24) is 14.9 Å². The first-order chi connectivity index (χ1) is 13.9. The summed E-state index contributed by atoms with van der Waals surface area (Å²) in [6.07, 6.45) is 1.98. The summed E-state index contributed by atoms with van der Waals surface area (Å²) in [5.41, 5.74) is 3.98. The number of rotatable bonds is 7. The van der Waals surface area contributed by atoms with Crippen LogP contribution in [0.15, 0.2) is 36.4 Å². The second-order valence-electron chi connectivity index (χ2n) is 7.83. The predicted octanol–water partition coefficient (Wildman–Crippen LogP) is 4.97. The van der Waals surface area contributed by atoms with Gasteiger partial charge in [-0.15, -0.1) is 0 Å². The normalized spacial score (nSPS) is 14.8. The highest BCUT2D eigenvalue weighted by molar-refractivity contribution is 6.32. The lowest BCUT2D eigenvalue weighted by Gasteiger charge is -2.17. The number of nitrogens with one attached hydrogen (secondary N) is 1. The molecule has 2 aromatic carbocycles. The van der Waals surface area contributed by atoms with Crippen LogP contribution in [0.2, 0.25) is 5.02 Å². The Morgan fingerprint density at radius 2 is 1.97 bits per heavy atom. The highest BCUT2D eigenvalue weighted by atomic mass is 35.5. The molecule has 1 aliphatic carbocycles. The number of benzene rings is 2. The second-order valence-corrected chi connectivity index (χ2v) is 8.21. The number of imidazole rings is 1. The highest BCUT2D eigenvalue weighted by Crippen LogP contribution is 2.30. The number of fused-ring (bicyclic) bond motifs is 1. The third kappa shape index (κ3) is 4.25. The molecule has 3 aromatic rings. The van der Waals surface area contributed by atoms with Gasteiger partial charge in [0, 0.05) is 10.9 Å². The topological polar surface area (TPSA) is 56.1 Å². The van der Waals surface area contributed by atoms with Crippen molar-refractivity contribution in [1.29, 1.82) is 0 Å². The van der Waals surface area contributed by atoms with E-state index in [-0.39, 0.29) is 17.9 Å². The molecule has 0 radical (unpaired) electrons. The number of ether oxygens (including phenoxy) is 1. The predicted molar refractivity (Wildman–Crippen MR) is 115 cm³/mol. The summed E-state index contributed by atoms with van der Waals surface area (Å²) in [6, 6.07) is 11.8. The van der Waals surface area contributed by atoms with E-state index in [2.05, 4.69) is 16.0 Å². The molecule has 152 valence electrons. The van der Waals surface area contributed by atoms with Gasteiger partial charge in [0.2, 0.25) is 5.91 Å². The zero-order chi connectivity index (χ0) is 20.5. The van der Waals surface area contributed by atoms with E-state index in [1.54, 1.807) is 0 Å². The van der Waals surface area contributed by atoms with E-state index in [9.17, 15) is 4.79 Å². The molecular weight excluding hydrogens is 386 g/mol.